The Kier molecular flexibility index (Phi) is 6.50. The Morgan fingerprint density at radius 1 is 1.00 bits per heavy atom. The average Bonchev–Trinajstić information content (AvgIpc) is 3.22. The monoisotopic (exact) mass is 378 g/mol. The van der Waals surface area contributed by atoms with E-state index in [4.69, 9.17) is 0 Å². The number of amides is 2. The van der Waals surface area contributed by atoms with Crippen LogP contribution in [-0.4, -0.2) is 29.8 Å². The maximum atomic E-state index is 12.7. The minimum Gasteiger partial charge on any atom is -0.339 e. The van der Waals surface area contributed by atoms with Crippen molar-refractivity contribution >= 4 is 17.5 Å². The summed E-state index contributed by atoms with van der Waals surface area (Å²) in [5.74, 6) is 0.331. The molecule has 2 aromatic carbocycles. The molecule has 1 heterocycles. The summed E-state index contributed by atoms with van der Waals surface area (Å²) >= 11 is 0. The molecule has 1 atom stereocenters. The number of anilines is 1. The molecule has 0 bridgehead atoms. The molecular weight excluding hydrogens is 348 g/mol. The van der Waals surface area contributed by atoms with Gasteiger partial charge in [0, 0.05) is 24.3 Å². The second-order valence-electron chi connectivity index (χ2n) is 8.13. The van der Waals surface area contributed by atoms with Gasteiger partial charge in [-0.05, 0) is 61.4 Å². The molecule has 1 fully saturated rings. The Bertz CT molecular complexity index is 821. The van der Waals surface area contributed by atoms with Crippen molar-refractivity contribution in [2.75, 3.05) is 18.4 Å². The van der Waals surface area contributed by atoms with Crippen molar-refractivity contribution in [3.8, 4) is 0 Å². The highest BCUT2D eigenvalue weighted by molar-refractivity contribution is 5.99. The molecule has 0 radical (unpaired) electrons. The summed E-state index contributed by atoms with van der Waals surface area (Å²) in [4.78, 5) is 27.1. The Morgan fingerprint density at radius 3 is 2.32 bits per heavy atom. The number of carbonyl (C=O) groups is 2. The Hall–Kier alpha value is -2.62. The lowest BCUT2D eigenvalue weighted by atomic mass is 9.96. The maximum absolute atomic E-state index is 12.7. The van der Waals surface area contributed by atoms with Gasteiger partial charge < -0.3 is 10.2 Å². The lowest BCUT2D eigenvalue weighted by molar-refractivity contribution is -0.117. The third-order valence-corrected chi connectivity index (χ3v) is 5.29. The topological polar surface area (TPSA) is 49.4 Å². The molecule has 0 aliphatic carbocycles. The van der Waals surface area contributed by atoms with E-state index in [0.29, 0.717) is 17.2 Å². The van der Waals surface area contributed by atoms with Crippen LogP contribution in [0.2, 0.25) is 0 Å². The molecule has 2 amide bonds. The molecular formula is C24H30N2O2. The molecule has 0 spiro atoms. The van der Waals surface area contributed by atoms with E-state index in [1.54, 1.807) is 6.07 Å². The molecule has 1 unspecified atom stereocenters. The van der Waals surface area contributed by atoms with Crippen molar-refractivity contribution in [1.82, 2.24) is 4.90 Å². The highest BCUT2D eigenvalue weighted by atomic mass is 16.2. The largest absolute Gasteiger partial charge is 0.339 e. The van der Waals surface area contributed by atoms with E-state index in [9.17, 15) is 9.59 Å². The van der Waals surface area contributed by atoms with Crippen molar-refractivity contribution in [2.24, 2.45) is 5.92 Å². The lowest BCUT2D eigenvalue weighted by Crippen LogP contribution is -2.27. The predicted molar refractivity (Wildman–Crippen MR) is 114 cm³/mol. The first kappa shape index (κ1) is 20.1. The molecule has 3 rings (SSSR count). The Labute approximate surface area is 167 Å². The first-order valence-corrected chi connectivity index (χ1v) is 10.2. The van der Waals surface area contributed by atoms with Gasteiger partial charge in [0.2, 0.25) is 5.91 Å². The van der Waals surface area contributed by atoms with E-state index in [0.717, 1.165) is 37.9 Å². The van der Waals surface area contributed by atoms with Crippen LogP contribution in [0.3, 0.4) is 0 Å². The molecule has 4 nitrogen and oxygen atoms in total. The van der Waals surface area contributed by atoms with Gasteiger partial charge in [-0.25, -0.2) is 0 Å². The van der Waals surface area contributed by atoms with Gasteiger partial charge in [-0.1, -0.05) is 44.2 Å². The van der Waals surface area contributed by atoms with E-state index in [1.165, 1.54) is 5.56 Å². The van der Waals surface area contributed by atoms with Crippen molar-refractivity contribution < 1.29 is 9.59 Å². The van der Waals surface area contributed by atoms with Crippen molar-refractivity contribution in [3.63, 3.8) is 0 Å². The highest BCUT2D eigenvalue weighted by Crippen LogP contribution is 2.21. The maximum Gasteiger partial charge on any atom is 0.253 e. The smallest absolute Gasteiger partial charge is 0.253 e. The van der Waals surface area contributed by atoms with E-state index < -0.39 is 0 Å². The van der Waals surface area contributed by atoms with Crippen molar-refractivity contribution in [3.05, 3.63) is 65.2 Å². The number of nitrogens with zero attached hydrogens (tertiary/aromatic N) is 1. The Balaban J connectivity index is 1.65. The molecule has 1 aliphatic rings. The summed E-state index contributed by atoms with van der Waals surface area (Å²) in [5.41, 5.74) is 3.58. The lowest BCUT2D eigenvalue weighted by Gasteiger charge is -2.17. The summed E-state index contributed by atoms with van der Waals surface area (Å²) in [6, 6.07) is 15.5. The van der Waals surface area contributed by atoms with Crippen LogP contribution in [0.15, 0.2) is 48.5 Å². The zero-order chi connectivity index (χ0) is 20.1. The average molecular weight is 379 g/mol. The van der Waals surface area contributed by atoms with E-state index in [2.05, 4.69) is 31.3 Å². The van der Waals surface area contributed by atoms with Crippen LogP contribution >= 0.6 is 0 Å². The number of benzene rings is 2. The van der Waals surface area contributed by atoms with Crippen molar-refractivity contribution in [2.45, 2.75) is 46.0 Å². The molecule has 1 aliphatic heterocycles. The molecule has 1 N–H and O–H groups in total. The van der Waals surface area contributed by atoms with Crippen LogP contribution in [0.25, 0.3) is 0 Å². The van der Waals surface area contributed by atoms with Gasteiger partial charge in [0.15, 0.2) is 0 Å². The predicted octanol–water partition coefficient (Wildman–Crippen LogP) is 4.86. The number of hydrogen-bond acceptors (Lipinski definition) is 2. The van der Waals surface area contributed by atoms with E-state index >= 15 is 0 Å². The van der Waals surface area contributed by atoms with Gasteiger partial charge in [-0.15, -0.1) is 0 Å². The van der Waals surface area contributed by atoms with E-state index in [1.807, 2.05) is 42.2 Å². The zero-order valence-corrected chi connectivity index (χ0v) is 17.1. The third-order valence-electron chi connectivity index (χ3n) is 5.29. The highest BCUT2D eigenvalue weighted by Gasteiger charge is 2.20. The van der Waals surface area contributed by atoms with Crippen LogP contribution in [0.4, 0.5) is 5.69 Å². The van der Waals surface area contributed by atoms with Gasteiger partial charge in [-0.2, -0.15) is 0 Å². The fourth-order valence-electron chi connectivity index (χ4n) is 3.65. The number of nitrogens with one attached hydrogen (secondary N) is 1. The number of likely N-dealkylation sites (tertiary alicyclic amines) is 1. The summed E-state index contributed by atoms with van der Waals surface area (Å²) < 4.78 is 0. The second-order valence-corrected chi connectivity index (χ2v) is 8.13. The molecule has 4 heteroatoms. The quantitative estimate of drug-likeness (QED) is 0.780. The Morgan fingerprint density at radius 2 is 1.68 bits per heavy atom. The molecule has 1 saturated heterocycles. The van der Waals surface area contributed by atoms with Crippen LogP contribution in [-0.2, 0) is 11.2 Å². The summed E-state index contributed by atoms with van der Waals surface area (Å²) in [6.07, 6.45) is 3.17. The summed E-state index contributed by atoms with van der Waals surface area (Å²) in [5, 5.41) is 2.96. The van der Waals surface area contributed by atoms with Crippen LogP contribution in [0.1, 0.15) is 61.0 Å². The minimum absolute atomic E-state index is 0.0439. The van der Waals surface area contributed by atoms with E-state index in [-0.39, 0.29) is 17.7 Å². The first-order chi connectivity index (χ1) is 13.4. The van der Waals surface area contributed by atoms with Gasteiger partial charge in [-0.3, -0.25) is 9.59 Å². The van der Waals surface area contributed by atoms with Crippen molar-refractivity contribution in [1.29, 1.82) is 0 Å². The SMILES string of the molecule is CC(C)Cc1ccc(C(C)C(=O)Nc2cccc(C(=O)N3CCCC3)c2)cc1. The number of carbonyl (C=O) groups excluding carboxylic acids is 2. The van der Waals surface area contributed by atoms with Gasteiger partial charge >= 0.3 is 0 Å². The zero-order valence-electron chi connectivity index (χ0n) is 17.1. The summed E-state index contributed by atoms with van der Waals surface area (Å²) in [6.45, 7) is 7.95. The molecule has 0 saturated carbocycles. The third kappa shape index (κ3) is 5.00. The summed E-state index contributed by atoms with van der Waals surface area (Å²) in [7, 11) is 0. The van der Waals surface area contributed by atoms with Crippen LogP contribution in [0.5, 0.6) is 0 Å². The second kappa shape index (κ2) is 9.05. The molecule has 0 aromatic heterocycles. The standard InChI is InChI=1S/C24H30N2O2/c1-17(2)15-19-9-11-20(12-10-19)18(3)23(27)25-22-8-6-7-21(16-22)24(28)26-13-4-5-14-26/h6-12,16-18H,4-5,13-15H2,1-3H3,(H,25,27). The van der Waals surface area contributed by atoms with Crippen LogP contribution < -0.4 is 5.32 Å². The molecule has 148 valence electrons. The van der Waals surface area contributed by atoms with Gasteiger partial charge in [0.1, 0.15) is 0 Å². The fraction of sp³-hybridized carbons (Fsp3) is 0.417. The van der Waals surface area contributed by atoms with Gasteiger partial charge in [0.25, 0.3) is 5.91 Å². The minimum atomic E-state index is -0.258. The number of rotatable bonds is 6. The molecule has 2 aromatic rings. The molecule has 28 heavy (non-hydrogen) atoms. The first-order valence-electron chi connectivity index (χ1n) is 10.2. The fourth-order valence-corrected chi connectivity index (χ4v) is 3.65. The normalized spacial score (nSPS) is 14.9. The number of hydrogen-bond donors (Lipinski definition) is 1. The van der Waals surface area contributed by atoms with Gasteiger partial charge in [0.05, 0.1) is 5.92 Å². The van der Waals surface area contributed by atoms with Crippen LogP contribution in [0, 0.1) is 5.92 Å².